The lowest BCUT2D eigenvalue weighted by atomic mass is 10.2. The van der Waals surface area contributed by atoms with E-state index in [0.717, 1.165) is 12.1 Å². The average molecular weight is 221 g/mol. The number of nitrogens with one attached hydrogen (secondary N) is 1. The Morgan fingerprint density at radius 3 is 2.71 bits per heavy atom. The highest BCUT2D eigenvalue weighted by Crippen LogP contribution is 2.31. The number of fused-ring (bicyclic) bond motifs is 1. The van der Waals surface area contributed by atoms with E-state index in [4.69, 9.17) is 11.6 Å². The minimum absolute atomic E-state index is 0.0657. The van der Waals surface area contributed by atoms with Gasteiger partial charge in [-0.3, -0.25) is 5.10 Å². The number of hydrogen-bond donors (Lipinski definition) is 1. The van der Waals surface area contributed by atoms with Crippen LogP contribution in [-0.4, -0.2) is 10.2 Å². The van der Waals surface area contributed by atoms with Crippen LogP contribution >= 0.6 is 11.6 Å². The summed E-state index contributed by atoms with van der Waals surface area (Å²) in [6, 6.07) is 2.02. The molecule has 2 rings (SSSR count). The third-order valence-electron chi connectivity index (χ3n) is 1.82. The van der Waals surface area contributed by atoms with E-state index in [-0.39, 0.29) is 21.6 Å². The van der Waals surface area contributed by atoms with Gasteiger partial charge in [0.15, 0.2) is 0 Å². The van der Waals surface area contributed by atoms with Gasteiger partial charge in [0.2, 0.25) is 0 Å². The van der Waals surface area contributed by atoms with Crippen molar-refractivity contribution in [1.82, 2.24) is 10.2 Å². The zero-order chi connectivity index (χ0) is 10.3. The van der Waals surface area contributed by atoms with Crippen molar-refractivity contribution in [3.63, 3.8) is 0 Å². The molecule has 0 fully saturated rings. The van der Waals surface area contributed by atoms with Crippen LogP contribution < -0.4 is 0 Å². The molecule has 0 amide bonds. The van der Waals surface area contributed by atoms with Crippen molar-refractivity contribution < 1.29 is 13.2 Å². The SMILES string of the molecule is Fc1cc(Cl)c2c(C(F)F)[nH]nc2c1. The lowest BCUT2D eigenvalue weighted by molar-refractivity contribution is 0.147. The summed E-state index contributed by atoms with van der Waals surface area (Å²) >= 11 is 5.62. The maximum Gasteiger partial charge on any atom is 0.280 e. The van der Waals surface area contributed by atoms with Gasteiger partial charge in [-0.2, -0.15) is 5.10 Å². The van der Waals surface area contributed by atoms with Gasteiger partial charge < -0.3 is 0 Å². The first-order valence-electron chi connectivity index (χ1n) is 3.70. The van der Waals surface area contributed by atoms with Gasteiger partial charge in [0.05, 0.1) is 10.5 Å². The molecule has 0 aliphatic rings. The zero-order valence-electron chi connectivity index (χ0n) is 6.69. The third kappa shape index (κ3) is 1.33. The average Bonchev–Trinajstić information content (AvgIpc) is 2.47. The van der Waals surface area contributed by atoms with Gasteiger partial charge in [-0.1, -0.05) is 11.6 Å². The Morgan fingerprint density at radius 2 is 2.07 bits per heavy atom. The van der Waals surface area contributed by atoms with Crippen molar-refractivity contribution in [3.8, 4) is 0 Å². The molecule has 14 heavy (non-hydrogen) atoms. The summed E-state index contributed by atoms with van der Waals surface area (Å²) in [5.41, 5.74) is -0.282. The molecule has 1 heterocycles. The predicted octanol–water partition coefficient (Wildman–Crippen LogP) is 3.29. The first-order valence-corrected chi connectivity index (χ1v) is 4.08. The summed E-state index contributed by atoms with van der Waals surface area (Å²) in [5, 5.41) is 5.67. The smallest absolute Gasteiger partial charge is 0.275 e. The molecule has 0 saturated carbocycles. The van der Waals surface area contributed by atoms with Gasteiger partial charge in [0, 0.05) is 11.5 Å². The number of H-pyrrole nitrogens is 1. The maximum atomic E-state index is 12.8. The molecule has 0 atom stereocenters. The Kier molecular flexibility index (Phi) is 2.11. The highest BCUT2D eigenvalue weighted by Gasteiger charge is 2.17. The molecule has 2 aromatic rings. The Hall–Kier alpha value is -1.23. The fourth-order valence-corrected chi connectivity index (χ4v) is 1.55. The first-order chi connectivity index (χ1) is 6.59. The molecule has 1 aromatic carbocycles. The Labute approximate surface area is 81.7 Å². The Balaban J connectivity index is 2.79. The first kappa shape index (κ1) is 9.33. The van der Waals surface area contributed by atoms with Crippen LogP contribution in [0.5, 0.6) is 0 Å². The van der Waals surface area contributed by atoms with E-state index in [1.807, 2.05) is 0 Å². The van der Waals surface area contributed by atoms with Crippen molar-refractivity contribution in [3.05, 3.63) is 28.7 Å². The van der Waals surface area contributed by atoms with E-state index in [0.29, 0.717) is 0 Å². The number of halogens is 4. The van der Waals surface area contributed by atoms with Gasteiger partial charge >= 0.3 is 0 Å². The van der Waals surface area contributed by atoms with Crippen molar-refractivity contribution in [2.75, 3.05) is 0 Å². The van der Waals surface area contributed by atoms with Crippen molar-refractivity contribution >= 4 is 22.5 Å². The third-order valence-corrected chi connectivity index (χ3v) is 2.12. The number of hydrogen-bond acceptors (Lipinski definition) is 1. The van der Waals surface area contributed by atoms with Gasteiger partial charge in [0.1, 0.15) is 11.5 Å². The fraction of sp³-hybridized carbons (Fsp3) is 0.125. The number of alkyl halides is 2. The summed E-state index contributed by atoms with van der Waals surface area (Å²) in [5.74, 6) is -0.602. The molecule has 1 N–H and O–H groups in total. The van der Waals surface area contributed by atoms with E-state index < -0.39 is 12.2 Å². The highest BCUT2D eigenvalue weighted by molar-refractivity contribution is 6.35. The van der Waals surface area contributed by atoms with Crippen LogP contribution in [0.3, 0.4) is 0 Å². The van der Waals surface area contributed by atoms with Crippen LogP contribution in [0.1, 0.15) is 12.1 Å². The normalized spacial score (nSPS) is 11.5. The largest absolute Gasteiger partial charge is 0.280 e. The van der Waals surface area contributed by atoms with Gasteiger partial charge in [-0.15, -0.1) is 0 Å². The molecule has 6 heteroatoms. The molecule has 0 aliphatic carbocycles. The van der Waals surface area contributed by atoms with Crippen LogP contribution in [0.25, 0.3) is 10.9 Å². The van der Waals surface area contributed by atoms with Crippen molar-refractivity contribution in [2.45, 2.75) is 6.43 Å². The second-order valence-electron chi connectivity index (χ2n) is 2.72. The van der Waals surface area contributed by atoms with Gasteiger partial charge in [0.25, 0.3) is 6.43 Å². The monoisotopic (exact) mass is 220 g/mol. The molecule has 0 bridgehead atoms. The van der Waals surface area contributed by atoms with Crippen LogP contribution in [-0.2, 0) is 0 Å². The minimum Gasteiger partial charge on any atom is -0.275 e. The van der Waals surface area contributed by atoms with Crippen molar-refractivity contribution in [1.29, 1.82) is 0 Å². The number of benzene rings is 1. The van der Waals surface area contributed by atoms with Gasteiger partial charge in [-0.05, 0) is 6.07 Å². The highest BCUT2D eigenvalue weighted by atomic mass is 35.5. The summed E-state index contributed by atoms with van der Waals surface area (Å²) in [6.45, 7) is 0. The topological polar surface area (TPSA) is 28.7 Å². The molecule has 0 aliphatic heterocycles. The van der Waals surface area contributed by atoms with E-state index >= 15 is 0 Å². The summed E-state index contributed by atoms with van der Waals surface area (Å²) < 4.78 is 37.6. The lowest BCUT2D eigenvalue weighted by Gasteiger charge is -1.97. The standard InChI is InChI=1S/C8H4ClF3N2/c9-4-1-3(10)2-5-6(4)7(8(11)12)14-13-5/h1-2,8H,(H,13,14). The maximum absolute atomic E-state index is 12.8. The molecule has 1 aromatic heterocycles. The molecular weight excluding hydrogens is 217 g/mol. The molecule has 0 radical (unpaired) electrons. The molecule has 2 nitrogen and oxygen atoms in total. The van der Waals surface area contributed by atoms with Gasteiger partial charge in [-0.25, -0.2) is 13.2 Å². The lowest BCUT2D eigenvalue weighted by Crippen LogP contribution is -1.85. The molecular formula is C8H4ClF3N2. The van der Waals surface area contributed by atoms with E-state index in [9.17, 15) is 13.2 Å². The Morgan fingerprint density at radius 1 is 1.36 bits per heavy atom. The summed E-state index contributed by atoms with van der Waals surface area (Å²) in [4.78, 5) is 0. The number of rotatable bonds is 1. The fourth-order valence-electron chi connectivity index (χ4n) is 1.25. The van der Waals surface area contributed by atoms with Crippen LogP contribution in [0, 0.1) is 5.82 Å². The number of aromatic nitrogens is 2. The zero-order valence-corrected chi connectivity index (χ0v) is 7.45. The van der Waals surface area contributed by atoms with E-state index in [1.165, 1.54) is 0 Å². The van der Waals surface area contributed by atoms with E-state index in [2.05, 4.69) is 10.2 Å². The Bertz CT molecular complexity index is 481. The number of aromatic amines is 1. The molecule has 0 unspecified atom stereocenters. The molecule has 0 spiro atoms. The summed E-state index contributed by atoms with van der Waals surface area (Å²) in [6.07, 6.45) is -2.71. The molecule has 74 valence electrons. The minimum atomic E-state index is -2.71. The quantitative estimate of drug-likeness (QED) is 0.785. The number of nitrogens with zero attached hydrogens (tertiary/aromatic N) is 1. The van der Waals surface area contributed by atoms with Crippen LogP contribution in [0.15, 0.2) is 12.1 Å². The summed E-state index contributed by atoms with van der Waals surface area (Å²) in [7, 11) is 0. The second-order valence-corrected chi connectivity index (χ2v) is 3.13. The van der Waals surface area contributed by atoms with Crippen LogP contribution in [0.4, 0.5) is 13.2 Å². The predicted molar refractivity (Wildman–Crippen MR) is 46.0 cm³/mol. The van der Waals surface area contributed by atoms with E-state index in [1.54, 1.807) is 0 Å². The second kappa shape index (κ2) is 3.16. The molecule has 0 saturated heterocycles. The van der Waals surface area contributed by atoms with Crippen molar-refractivity contribution in [2.24, 2.45) is 0 Å². The van der Waals surface area contributed by atoms with Crippen LogP contribution in [0.2, 0.25) is 5.02 Å².